The highest BCUT2D eigenvalue weighted by molar-refractivity contribution is 5.81. The fraction of sp³-hybridized carbons (Fsp3) is 0.500. The highest BCUT2D eigenvalue weighted by atomic mass is 19.4. The monoisotopic (exact) mass is 455 g/mol. The summed E-state index contributed by atoms with van der Waals surface area (Å²) in [5, 5.41) is 1.38. The maximum atomic E-state index is 13.7. The molecule has 0 aliphatic rings. The van der Waals surface area contributed by atoms with E-state index in [1.54, 1.807) is 6.07 Å². The number of halogens is 9. The third kappa shape index (κ3) is 5.48. The molecule has 0 heterocycles. The molecule has 0 spiro atoms. The molecule has 30 heavy (non-hydrogen) atoms. The molecule has 0 aliphatic carbocycles. The number of esters is 1. The van der Waals surface area contributed by atoms with E-state index in [4.69, 9.17) is 0 Å². The van der Waals surface area contributed by atoms with Crippen LogP contribution in [0.25, 0.3) is 0 Å². The number of rotatable bonds is 8. The maximum Gasteiger partial charge on any atom is 0.460 e. The van der Waals surface area contributed by atoms with E-state index in [9.17, 15) is 49.1 Å². The fourth-order valence-corrected chi connectivity index (χ4v) is 2.03. The maximum absolute atomic E-state index is 13.7. The number of benzene rings is 1. The van der Waals surface area contributed by atoms with Gasteiger partial charge < -0.3 is 14.8 Å². The van der Waals surface area contributed by atoms with Crippen LogP contribution in [0.2, 0.25) is 0 Å². The van der Waals surface area contributed by atoms with E-state index >= 15 is 0 Å². The molecule has 0 saturated heterocycles. The number of carbonyl (C=O) groups excluding carboxylic acids is 2. The molecule has 0 aliphatic heterocycles. The van der Waals surface area contributed by atoms with Gasteiger partial charge in [0.25, 0.3) is 0 Å². The quantitative estimate of drug-likeness (QED) is 0.469. The zero-order chi connectivity index (χ0) is 23.4. The Morgan fingerprint density at radius 3 is 1.93 bits per heavy atom. The van der Waals surface area contributed by atoms with E-state index in [2.05, 4.69) is 9.47 Å². The molecule has 170 valence electrons. The van der Waals surface area contributed by atoms with E-state index in [0.717, 1.165) is 0 Å². The molecule has 5 nitrogen and oxygen atoms in total. The lowest BCUT2D eigenvalue weighted by atomic mass is 9.97. The Balaban J connectivity index is 2.98. The summed E-state index contributed by atoms with van der Waals surface area (Å²) in [5.74, 6) is -22.0. The van der Waals surface area contributed by atoms with Gasteiger partial charge in [-0.3, -0.25) is 0 Å². The third-order valence-electron chi connectivity index (χ3n) is 3.66. The first-order chi connectivity index (χ1) is 13.6. The molecule has 1 aromatic rings. The predicted molar refractivity (Wildman–Crippen MR) is 81.1 cm³/mol. The molecule has 1 atom stereocenters. The van der Waals surface area contributed by atoms with Crippen molar-refractivity contribution >= 4 is 12.1 Å². The van der Waals surface area contributed by atoms with Crippen LogP contribution in [0.3, 0.4) is 0 Å². The van der Waals surface area contributed by atoms with Crippen LogP contribution in [0, 0.1) is 0 Å². The number of alkyl carbamates (subject to hydrolysis) is 1. The van der Waals surface area contributed by atoms with Crippen molar-refractivity contribution < 1.29 is 58.6 Å². The van der Waals surface area contributed by atoms with Gasteiger partial charge in [0, 0.05) is 6.42 Å². The minimum atomic E-state index is -7.13. The SMILES string of the molecule is COC(=O)[C@H](CC(F)(F)C(F)(F)C(F)(F)C(F)(F)F)NC(=O)OCc1ccccc1. The smallest absolute Gasteiger partial charge is 0.460 e. The van der Waals surface area contributed by atoms with Crippen molar-refractivity contribution in [1.82, 2.24) is 5.32 Å². The number of carbonyl (C=O) groups is 2. The van der Waals surface area contributed by atoms with Crippen LogP contribution >= 0.6 is 0 Å². The lowest BCUT2D eigenvalue weighted by Crippen LogP contribution is -2.62. The van der Waals surface area contributed by atoms with Crippen molar-refractivity contribution in [2.75, 3.05) is 7.11 Å². The molecule has 1 amide bonds. The Morgan fingerprint density at radius 1 is 0.933 bits per heavy atom. The summed E-state index contributed by atoms with van der Waals surface area (Å²) in [7, 11) is 0.576. The highest BCUT2D eigenvalue weighted by Crippen LogP contribution is 2.54. The summed E-state index contributed by atoms with van der Waals surface area (Å²) in [6, 6.07) is 4.91. The van der Waals surface area contributed by atoms with Gasteiger partial charge in [-0.15, -0.1) is 0 Å². The van der Waals surface area contributed by atoms with Crippen LogP contribution in [0.5, 0.6) is 0 Å². The van der Waals surface area contributed by atoms with Gasteiger partial charge in [-0.1, -0.05) is 30.3 Å². The van der Waals surface area contributed by atoms with Crippen molar-refractivity contribution in [2.45, 2.75) is 43.0 Å². The summed E-state index contributed by atoms with van der Waals surface area (Å²) >= 11 is 0. The lowest BCUT2D eigenvalue weighted by molar-refractivity contribution is -0.397. The van der Waals surface area contributed by atoms with Crippen LogP contribution in [0.4, 0.5) is 44.3 Å². The van der Waals surface area contributed by atoms with Gasteiger partial charge >= 0.3 is 36.0 Å². The van der Waals surface area contributed by atoms with Gasteiger partial charge in [0.05, 0.1) is 7.11 Å². The second kappa shape index (κ2) is 9.00. The second-order valence-electron chi connectivity index (χ2n) is 5.84. The Morgan fingerprint density at radius 2 is 1.47 bits per heavy atom. The molecular weight excluding hydrogens is 441 g/mol. The van der Waals surface area contributed by atoms with Crippen LogP contribution in [0.15, 0.2) is 30.3 Å². The first-order valence-electron chi connectivity index (χ1n) is 7.82. The second-order valence-corrected chi connectivity index (χ2v) is 5.84. The van der Waals surface area contributed by atoms with Crippen molar-refractivity contribution in [3.63, 3.8) is 0 Å². The number of nitrogens with one attached hydrogen (secondary N) is 1. The summed E-state index contributed by atoms with van der Waals surface area (Å²) < 4.78 is 125. The zero-order valence-corrected chi connectivity index (χ0v) is 14.9. The topological polar surface area (TPSA) is 64.6 Å². The van der Waals surface area contributed by atoms with Crippen molar-refractivity contribution in [3.8, 4) is 0 Å². The van der Waals surface area contributed by atoms with Gasteiger partial charge in [-0.25, -0.2) is 9.59 Å². The number of hydrogen-bond acceptors (Lipinski definition) is 4. The van der Waals surface area contributed by atoms with Crippen LogP contribution < -0.4 is 5.32 Å². The van der Waals surface area contributed by atoms with E-state index in [-0.39, 0.29) is 0 Å². The van der Waals surface area contributed by atoms with Gasteiger partial charge in [0.2, 0.25) is 0 Å². The normalized spacial score (nSPS) is 14.1. The molecule has 14 heteroatoms. The largest absolute Gasteiger partial charge is 0.467 e. The molecule has 0 aromatic heterocycles. The van der Waals surface area contributed by atoms with Gasteiger partial charge in [0.15, 0.2) is 0 Å². The van der Waals surface area contributed by atoms with Crippen molar-refractivity contribution in [1.29, 1.82) is 0 Å². The van der Waals surface area contributed by atoms with Crippen molar-refractivity contribution in [3.05, 3.63) is 35.9 Å². The first-order valence-corrected chi connectivity index (χ1v) is 7.82. The van der Waals surface area contributed by atoms with Crippen LogP contribution in [-0.2, 0) is 20.9 Å². The van der Waals surface area contributed by atoms with Crippen LogP contribution in [0.1, 0.15) is 12.0 Å². The molecule has 0 bridgehead atoms. The van der Waals surface area contributed by atoms with Gasteiger partial charge in [0.1, 0.15) is 12.6 Å². The Labute approximate surface area is 163 Å². The molecule has 0 unspecified atom stereocenters. The third-order valence-corrected chi connectivity index (χ3v) is 3.66. The molecule has 0 radical (unpaired) electrons. The standard InChI is InChI=1S/C16H14F9NO4/c1-29-11(27)10(26-12(28)30-8-9-5-3-2-4-6-9)7-13(17,18)14(19,20)15(21,22)16(23,24)25/h2-6,10H,7-8H2,1H3,(H,26,28)/t10-/m0/s1. The van der Waals surface area contributed by atoms with Crippen LogP contribution in [-0.4, -0.2) is 49.2 Å². The number of amides is 1. The number of hydrogen-bond donors (Lipinski definition) is 1. The number of methoxy groups -OCH3 is 1. The Hall–Kier alpha value is -2.67. The summed E-state index contributed by atoms with van der Waals surface area (Å²) in [6.07, 6.45) is -11.3. The van der Waals surface area contributed by atoms with E-state index in [0.29, 0.717) is 12.7 Å². The summed E-state index contributed by atoms with van der Waals surface area (Å²) in [6.45, 7) is -0.459. The molecular formula is C16H14F9NO4. The van der Waals surface area contributed by atoms with E-state index in [1.807, 2.05) is 0 Å². The average molecular weight is 455 g/mol. The molecule has 0 fully saturated rings. The first kappa shape index (κ1) is 25.4. The highest BCUT2D eigenvalue weighted by Gasteiger charge is 2.81. The summed E-state index contributed by atoms with van der Waals surface area (Å²) in [5.41, 5.74) is 0.393. The molecule has 1 N–H and O–H groups in total. The fourth-order valence-electron chi connectivity index (χ4n) is 2.03. The Kier molecular flexibility index (Phi) is 7.61. The molecule has 1 aromatic carbocycles. The predicted octanol–water partition coefficient (Wildman–Crippen LogP) is 4.31. The van der Waals surface area contributed by atoms with Crippen molar-refractivity contribution in [2.24, 2.45) is 0 Å². The molecule has 0 saturated carbocycles. The number of alkyl halides is 9. The lowest BCUT2D eigenvalue weighted by Gasteiger charge is -2.34. The van der Waals surface area contributed by atoms with Gasteiger partial charge in [-0.05, 0) is 5.56 Å². The van der Waals surface area contributed by atoms with Gasteiger partial charge in [-0.2, -0.15) is 39.5 Å². The number of ether oxygens (including phenoxy) is 2. The average Bonchev–Trinajstić information content (AvgIpc) is 2.64. The Bertz CT molecular complexity index is 738. The minimum Gasteiger partial charge on any atom is -0.467 e. The zero-order valence-electron chi connectivity index (χ0n) is 14.9. The van der Waals surface area contributed by atoms with E-state index < -0.39 is 55.1 Å². The molecule has 1 rings (SSSR count). The van der Waals surface area contributed by atoms with E-state index in [1.165, 1.54) is 29.6 Å². The summed E-state index contributed by atoms with van der Waals surface area (Å²) in [4.78, 5) is 23.1. The minimum absolute atomic E-state index is 0.393.